The van der Waals surface area contributed by atoms with Crippen molar-refractivity contribution in [2.24, 2.45) is 5.92 Å². The van der Waals surface area contributed by atoms with E-state index in [0.29, 0.717) is 11.1 Å². The van der Waals surface area contributed by atoms with Crippen LogP contribution in [-0.4, -0.2) is 39.6 Å². The molecule has 2 heterocycles. The predicted octanol–water partition coefficient (Wildman–Crippen LogP) is 0.285. The van der Waals surface area contributed by atoms with Gasteiger partial charge in [-0.2, -0.15) is 0 Å². The standard InChI is InChI=1S/C12H19N5O2S/c1-7-2-4-17(5-3-7)8(18)6-20-12-15-10(14)9(13)11(19)16-12/h7H,2-6,13H2,1H3,(H3,14,15,16,19). The Labute approximate surface area is 121 Å². The maximum absolute atomic E-state index is 12.0. The van der Waals surface area contributed by atoms with Gasteiger partial charge in [0.15, 0.2) is 11.0 Å². The van der Waals surface area contributed by atoms with Crippen molar-refractivity contribution in [3.63, 3.8) is 0 Å². The lowest BCUT2D eigenvalue weighted by atomic mass is 9.99. The summed E-state index contributed by atoms with van der Waals surface area (Å²) in [6.45, 7) is 3.80. The van der Waals surface area contributed by atoms with Crippen LogP contribution in [0, 0.1) is 5.92 Å². The van der Waals surface area contributed by atoms with Crippen molar-refractivity contribution in [2.75, 3.05) is 30.3 Å². The number of hydrogen-bond donors (Lipinski definition) is 3. The zero-order chi connectivity index (χ0) is 14.7. The zero-order valence-corrected chi connectivity index (χ0v) is 12.2. The normalized spacial score (nSPS) is 16.4. The highest BCUT2D eigenvalue weighted by molar-refractivity contribution is 7.99. The third-order valence-corrected chi connectivity index (χ3v) is 4.29. The second-order valence-corrected chi connectivity index (χ2v) is 5.99. The van der Waals surface area contributed by atoms with E-state index in [9.17, 15) is 9.59 Å². The fourth-order valence-corrected chi connectivity index (χ4v) is 2.80. The molecule has 8 heteroatoms. The van der Waals surface area contributed by atoms with Gasteiger partial charge in [-0.05, 0) is 18.8 Å². The molecule has 0 atom stereocenters. The number of nitrogens with zero attached hydrogens (tertiary/aromatic N) is 2. The minimum Gasteiger partial charge on any atom is -0.391 e. The minimum atomic E-state index is -0.473. The number of likely N-dealkylation sites (tertiary alicyclic amines) is 1. The summed E-state index contributed by atoms with van der Waals surface area (Å²) in [5.74, 6) is 0.970. The fourth-order valence-electron chi connectivity index (χ4n) is 2.03. The fraction of sp³-hybridized carbons (Fsp3) is 0.583. The van der Waals surface area contributed by atoms with E-state index in [1.165, 1.54) is 11.8 Å². The van der Waals surface area contributed by atoms with Crippen LogP contribution in [0.3, 0.4) is 0 Å². The lowest BCUT2D eigenvalue weighted by Gasteiger charge is -2.30. The summed E-state index contributed by atoms with van der Waals surface area (Å²) < 4.78 is 0. The van der Waals surface area contributed by atoms with E-state index in [0.717, 1.165) is 25.9 Å². The monoisotopic (exact) mass is 297 g/mol. The third-order valence-electron chi connectivity index (χ3n) is 3.43. The molecule has 1 aliphatic rings. The Kier molecular flexibility index (Phi) is 4.53. The highest BCUT2D eigenvalue weighted by Crippen LogP contribution is 2.19. The number of rotatable bonds is 3. The number of hydrogen-bond acceptors (Lipinski definition) is 6. The topological polar surface area (TPSA) is 118 Å². The van der Waals surface area contributed by atoms with Gasteiger partial charge in [-0.3, -0.25) is 14.6 Å². The number of H-pyrrole nitrogens is 1. The average Bonchev–Trinajstić information content (AvgIpc) is 2.42. The van der Waals surface area contributed by atoms with Gasteiger partial charge in [0.25, 0.3) is 5.56 Å². The second kappa shape index (κ2) is 6.17. The molecule has 110 valence electrons. The number of anilines is 2. The van der Waals surface area contributed by atoms with E-state index in [-0.39, 0.29) is 23.2 Å². The van der Waals surface area contributed by atoms with Gasteiger partial charge in [0.2, 0.25) is 5.91 Å². The van der Waals surface area contributed by atoms with Gasteiger partial charge >= 0.3 is 0 Å². The van der Waals surface area contributed by atoms with Crippen LogP contribution in [0.5, 0.6) is 0 Å². The maximum atomic E-state index is 12.0. The zero-order valence-electron chi connectivity index (χ0n) is 11.4. The number of aromatic nitrogens is 2. The number of piperidine rings is 1. The van der Waals surface area contributed by atoms with Gasteiger partial charge in [-0.1, -0.05) is 18.7 Å². The molecule has 5 N–H and O–H groups in total. The number of aromatic amines is 1. The molecule has 1 saturated heterocycles. The van der Waals surface area contributed by atoms with E-state index in [1.807, 2.05) is 4.90 Å². The first-order valence-corrected chi connectivity index (χ1v) is 7.51. The van der Waals surface area contributed by atoms with Crippen LogP contribution in [0.15, 0.2) is 9.95 Å². The van der Waals surface area contributed by atoms with E-state index in [2.05, 4.69) is 16.9 Å². The molecule has 1 aliphatic heterocycles. The first kappa shape index (κ1) is 14.7. The summed E-state index contributed by atoms with van der Waals surface area (Å²) in [7, 11) is 0. The van der Waals surface area contributed by atoms with Crippen LogP contribution in [-0.2, 0) is 4.79 Å². The molecule has 1 aromatic heterocycles. The SMILES string of the molecule is CC1CCN(C(=O)CSc2nc(N)c(N)c(=O)[nH]2)CC1. The van der Waals surface area contributed by atoms with E-state index < -0.39 is 5.56 Å². The van der Waals surface area contributed by atoms with Gasteiger partial charge in [0, 0.05) is 13.1 Å². The Hall–Kier alpha value is -1.70. The van der Waals surface area contributed by atoms with E-state index in [4.69, 9.17) is 11.5 Å². The quantitative estimate of drug-likeness (QED) is 0.545. The lowest BCUT2D eigenvalue weighted by molar-refractivity contribution is -0.129. The van der Waals surface area contributed by atoms with E-state index in [1.54, 1.807) is 0 Å². The summed E-state index contributed by atoms with van der Waals surface area (Å²) in [6, 6.07) is 0. The van der Waals surface area contributed by atoms with Crippen molar-refractivity contribution in [3.8, 4) is 0 Å². The molecule has 2 rings (SSSR count). The van der Waals surface area contributed by atoms with Gasteiger partial charge < -0.3 is 16.4 Å². The van der Waals surface area contributed by atoms with Crippen LogP contribution >= 0.6 is 11.8 Å². The summed E-state index contributed by atoms with van der Waals surface area (Å²) in [5.41, 5.74) is 10.4. The Morgan fingerprint density at radius 1 is 1.45 bits per heavy atom. The van der Waals surface area contributed by atoms with Crippen molar-refractivity contribution in [1.29, 1.82) is 0 Å². The van der Waals surface area contributed by atoms with Crippen LogP contribution in [0.1, 0.15) is 19.8 Å². The molecule has 20 heavy (non-hydrogen) atoms. The molecule has 0 aliphatic carbocycles. The summed E-state index contributed by atoms with van der Waals surface area (Å²) >= 11 is 1.17. The average molecular weight is 297 g/mol. The van der Waals surface area contributed by atoms with Crippen LogP contribution in [0.25, 0.3) is 0 Å². The number of nitrogens with one attached hydrogen (secondary N) is 1. The first-order valence-electron chi connectivity index (χ1n) is 6.53. The van der Waals surface area contributed by atoms with E-state index >= 15 is 0 Å². The molecular weight excluding hydrogens is 278 g/mol. The first-order chi connectivity index (χ1) is 9.47. The minimum absolute atomic E-state index is 0.00417. The molecule has 7 nitrogen and oxygen atoms in total. The van der Waals surface area contributed by atoms with Crippen molar-refractivity contribution in [1.82, 2.24) is 14.9 Å². The van der Waals surface area contributed by atoms with Gasteiger partial charge in [-0.15, -0.1) is 0 Å². The van der Waals surface area contributed by atoms with Crippen molar-refractivity contribution < 1.29 is 4.79 Å². The highest BCUT2D eigenvalue weighted by atomic mass is 32.2. The number of carbonyl (C=O) groups is 1. The summed E-state index contributed by atoms with van der Waals surface area (Å²) in [5, 5.41) is 0.320. The molecule has 0 unspecified atom stereocenters. The van der Waals surface area contributed by atoms with Gasteiger partial charge in [-0.25, -0.2) is 4.98 Å². The van der Waals surface area contributed by atoms with Crippen LogP contribution in [0.4, 0.5) is 11.5 Å². The number of thioether (sulfide) groups is 1. The smallest absolute Gasteiger partial charge is 0.276 e. The Morgan fingerprint density at radius 3 is 2.70 bits per heavy atom. The third kappa shape index (κ3) is 3.44. The second-order valence-electron chi connectivity index (χ2n) is 5.02. The molecular formula is C12H19N5O2S. The highest BCUT2D eigenvalue weighted by Gasteiger charge is 2.20. The maximum Gasteiger partial charge on any atom is 0.276 e. The summed E-state index contributed by atoms with van der Waals surface area (Å²) in [6.07, 6.45) is 2.08. The number of nitrogens with two attached hydrogens (primary N) is 2. The van der Waals surface area contributed by atoms with Crippen molar-refractivity contribution in [2.45, 2.75) is 24.9 Å². The number of nitrogen functional groups attached to an aromatic ring is 2. The van der Waals surface area contributed by atoms with Crippen molar-refractivity contribution in [3.05, 3.63) is 10.4 Å². The van der Waals surface area contributed by atoms with Crippen LogP contribution in [0.2, 0.25) is 0 Å². The molecule has 0 bridgehead atoms. The molecule has 0 radical (unpaired) electrons. The molecule has 0 spiro atoms. The molecule has 1 fully saturated rings. The van der Waals surface area contributed by atoms with Crippen molar-refractivity contribution >= 4 is 29.2 Å². The van der Waals surface area contributed by atoms with Crippen LogP contribution < -0.4 is 17.0 Å². The largest absolute Gasteiger partial charge is 0.391 e. The molecule has 1 amide bonds. The van der Waals surface area contributed by atoms with Gasteiger partial charge in [0.05, 0.1) is 5.75 Å². The number of amides is 1. The Balaban J connectivity index is 1.92. The number of carbonyl (C=O) groups excluding carboxylic acids is 1. The van der Waals surface area contributed by atoms with Gasteiger partial charge in [0.1, 0.15) is 5.69 Å². The summed E-state index contributed by atoms with van der Waals surface area (Å²) in [4.78, 5) is 31.8. The predicted molar refractivity (Wildman–Crippen MR) is 79.4 cm³/mol. The Morgan fingerprint density at radius 2 is 2.10 bits per heavy atom. The Bertz CT molecular complexity index is 551. The molecule has 0 aromatic carbocycles. The molecule has 0 saturated carbocycles. The molecule has 1 aromatic rings. The lowest BCUT2D eigenvalue weighted by Crippen LogP contribution is -2.39.